The number of hydrogen-bond donors (Lipinski definition) is 2. The number of hydrazine groups is 1. The normalized spacial score (nSPS) is 27.0. The minimum Gasteiger partial charge on any atom is -0.271 e. The number of nitrogens with one attached hydrogen (secondary N) is 1. The zero-order valence-electron chi connectivity index (χ0n) is 10.8. The molecule has 1 fully saturated rings. The van der Waals surface area contributed by atoms with E-state index in [1.807, 2.05) is 6.20 Å². The molecule has 1 aliphatic carbocycles. The molecule has 0 aromatic carbocycles. The van der Waals surface area contributed by atoms with Crippen LogP contribution in [0.1, 0.15) is 55.0 Å². The van der Waals surface area contributed by atoms with Crippen LogP contribution in [0, 0.1) is 18.8 Å². The van der Waals surface area contributed by atoms with Crippen molar-refractivity contribution < 1.29 is 0 Å². The minimum atomic E-state index is 0.301. The second-order valence-corrected chi connectivity index (χ2v) is 6.39. The second kappa shape index (κ2) is 5.94. The van der Waals surface area contributed by atoms with E-state index in [9.17, 15) is 0 Å². The SMILES string of the molecule is CCC1CCCC(C(NN)c2cnc(C)s2)C1. The fraction of sp³-hybridized carbons (Fsp3) is 0.769. The van der Waals surface area contributed by atoms with Gasteiger partial charge in [-0.2, -0.15) is 0 Å². The Kier molecular flexibility index (Phi) is 4.54. The molecule has 0 spiro atoms. The average Bonchev–Trinajstić information content (AvgIpc) is 2.77. The van der Waals surface area contributed by atoms with E-state index in [2.05, 4.69) is 24.3 Å². The Hall–Kier alpha value is -0.450. The van der Waals surface area contributed by atoms with Crippen LogP contribution in [0.5, 0.6) is 0 Å². The summed E-state index contributed by atoms with van der Waals surface area (Å²) in [6, 6.07) is 0.301. The van der Waals surface area contributed by atoms with Crippen LogP contribution in [0.2, 0.25) is 0 Å². The summed E-state index contributed by atoms with van der Waals surface area (Å²) in [6.45, 7) is 4.35. The van der Waals surface area contributed by atoms with Crippen molar-refractivity contribution in [3.05, 3.63) is 16.1 Å². The Morgan fingerprint density at radius 3 is 3.00 bits per heavy atom. The molecule has 0 saturated heterocycles. The van der Waals surface area contributed by atoms with E-state index in [0.717, 1.165) is 10.9 Å². The van der Waals surface area contributed by atoms with Crippen molar-refractivity contribution in [3.8, 4) is 0 Å². The Morgan fingerprint density at radius 2 is 2.41 bits per heavy atom. The number of nitrogens with zero attached hydrogens (tertiary/aromatic N) is 1. The number of rotatable bonds is 4. The van der Waals surface area contributed by atoms with Crippen molar-refractivity contribution >= 4 is 11.3 Å². The van der Waals surface area contributed by atoms with Crippen molar-refractivity contribution in [2.75, 3.05) is 0 Å². The largest absolute Gasteiger partial charge is 0.271 e. The molecule has 1 saturated carbocycles. The summed E-state index contributed by atoms with van der Waals surface area (Å²) in [6.07, 6.45) is 8.63. The van der Waals surface area contributed by atoms with Crippen molar-refractivity contribution in [1.29, 1.82) is 0 Å². The molecule has 0 aliphatic heterocycles. The van der Waals surface area contributed by atoms with E-state index < -0.39 is 0 Å². The Morgan fingerprint density at radius 1 is 1.59 bits per heavy atom. The quantitative estimate of drug-likeness (QED) is 0.640. The molecule has 0 amide bonds. The van der Waals surface area contributed by atoms with Gasteiger partial charge in [0.2, 0.25) is 0 Å². The molecule has 1 heterocycles. The number of hydrogen-bond acceptors (Lipinski definition) is 4. The monoisotopic (exact) mass is 253 g/mol. The lowest BCUT2D eigenvalue weighted by Gasteiger charge is -2.33. The number of nitrogens with two attached hydrogens (primary N) is 1. The Bertz CT molecular complexity index is 350. The summed E-state index contributed by atoms with van der Waals surface area (Å²) in [7, 11) is 0. The smallest absolute Gasteiger partial charge is 0.0897 e. The van der Waals surface area contributed by atoms with E-state index >= 15 is 0 Å². The zero-order valence-corrected chi connectivity index (χ0v) is 11.6. The Labute approximate surface area is 108 Å². The van der Waals surface area contributed by atoms with Crippen molar-refractivity contribution in [2.45, 2.75) is 52.0 Å². The minimum absolute atomic E-state index is 0.301. The summed E-state index contributed by atoms with van der Waals surface area (Å²) in [5, 5.41) is 1.13. The molecular formula is C13H23N3S. The topological polar surface area (TPSA) is 50.9 Å². The van der Waals surface area contributed by atoms with Crippen LogP contribution in [0.4, 0.5) is 0 Å². The number of thiazole rings is 1. The van der Waals surface area contributed by atoms with Crippen LogP contribution in [0.15, 0.2) is 6.20 Å². The maximum absolute atomic E-state index is 5.76. The molecule has 3 nitrogen and oxygen atoms in total. The summed E-state index contributed by atoms with van der Waals surface area (Å²) in [5.74, 6) is 7.33. The van der Waals surface area contributed by atoms with Gasteiger partial charge in [0, 0.05) is 11.1 Å². The lowest BCUT2D eigenvalue weighted by molar-refractivity contribution is 0.211. The third-order valence-corrected chi connectivity index (χ3v) is 4.99. The van der Waals surface area contributed by atoms with Gasteiger partial charge < -0.3 is 0 Å². The van der Waals surface area contributed by atoms with Crippen molar-refractivity contribution in [1.82, 2.24) is 10.4 Å². The molecule has 0 radical (unpaired) electrons. The van der Waals surface area contributed by atoms with Gasteiger partial charge in [0.05, 0.1) is 11.0 Å². The first-order valence-electron chi connectivity index (χ1n) is 6.63. The van der Waals surface area contributed by atoms with E-state index in [4.69, 9.17) is 5.84 Å². The van der Waals surface area contributed by atoms with Gasteiger partial charge in [-0.1, -0.05) is 26.2 Å². The Balaban J connectivity index is 2.07. The van der Waals surface area contributed by atoms with Gasteiger partial charge in [-0.3, -0.25) is 11.3 Å². The highest BCUT2D eigenvalue weighted by molar-refractivity contribution is 7.11. The molecule has 1 aliphatic rings. The molecule has 0 bridgehead atoms. The summed E-state index contributed by atoms with van der Waals surface area (Å²) in [4.78, 5) is 5.64. The maximum Gasteiger partial charge on any atom is 0.0897 e. The lowest BCUT2D eigenvalue weighted by atomic mass is 9.76. The highest BCUT2D eigenvalue weighted by Gasteiger charge is 2.29. The van der Waals surface area contributed by atoms with Crippen LogP contribution in [-0.2, 0) is 0 Å². The van der Waals surface area contributed by atoms with E-state index in [1.54, 1.807) is 11.3 Å². The van der Waals surface area contributed by atoms with Gasteiger partial charge in [0.25, 0.3) is 0 Å². The van der Waals surface area contributed by atoms with Crippen LogP contribution in [0.25, 0.3) is 0 Å². The van der Waals surface area contributed by atoms with Gasteiger partial charge in [0.15, 0.2) is 0 Å². The predicted octanol–water partition coefficient (Wildman–Crippen LogP) is 3.17. The van der Waals surface area contributed by atoms with Crippen LogP contribution in [-0.4, -0.2) is 4.98 Å². The third kappa shape index (κ3) is 3.06. The number of aryl methyl sites for hydroxylation is 1. The average molecular weight is 253 g/mol. The molecule has 1 aromatic heterocycles. The first-order chi connectivity index (χ1) is 8.24. The molecule has 17 heavy (non-hydrogen) atoms. The van der Waals surface area contributed by atoms with Crippen LogP contribution in [0.3, 0.4) is 0 Å². The maximum atomic E-state index is 5.76. The molecule has 3 N–H and O–H groups in total. The van der Waals surface area contributed by atoms with E-state index in [0.29, 0.717) is 12.0 Å². The molecule has 2 rings (SSSR count). The van der Waals surface area contributed by atoms with Crippen molar-refractivity contribution in [2.24, 2.45) is 17.7 Å². The molecular weight excluding hydrogens is 230 g/mol. The highest BCUT2D eigenvalue weighted by atomic mass is 32.1. The zero-order chi connectivity index (χ0) is 12.3. The van der Waals surface area contributed by atoms with Gasteiger partial charge in [-0.15, -0.1) is 11.3 Å². The first-order valence-corrected chi connectivity index (χ1v) is 7.44. The summed E-state index contributed by atoms with van der Waals surface area (Å²) >= 11 is 1.77. The molecule has 3 unspecified atom stereocenters. The molecule has 4 heteroatoms. The highest BCUT2D eigenvalue weighted by Crippen LogP contribution is 2.39. The summed E-state index contributed by atoms with van der Waals surface area (Å²) in [5.41, 5.74) is 3.02. The van der Waals surface area contributed by atoms with Gasteiger partial charge in [-0.25, -0.2) is 4.98 Å². The van der Waals surface area contributed by atoms with E-state index in [-0.39, 0.29) is 0 Å². The first kappa shape index (κ1) is 13.0. The fourth-order valence-electron chi connectivity index (χ4n) is 2.98. The predicted molar refractivity (Wildman–Crippen MR) is 72.7 cm³/mol. The fourth-order valence-corrected chi connectivity index (χ4v) is 3.92. The van der Waals surface area contributed by atoms with Gasteiger partial charge >= 0.3 is 0 Å². The van der Waals surface area contributed by atoms with Crippen LogP contribution < -0.4 is 11.3 Å². The van der Waals surface area contributed by atoms with E-state index in [1.165, 1.54) is 37.0 Å². The lowest BCUT2D eigenvalue weighted by Crippen LogP contribution is -2.35. The summed E-state index contributed by atoms with van der Waals surface area (Å²) < 4.78 is 0. The standard InChI is InChI=1S/C13H23N3S/c1-3-10-5-4-6-11(7-10)13(16-14)12-8-15-9(2)17-12/h8,10-11,13,16H,3-7,14H2,1-2H3. The van der Waals surface area contributed by atoms with Gasteiger partial charge in [-0.05, 0) is 31.6 Å². The van der Waals surface area contributed by atoms with Crippen LogP contribution >= 0.6 is 11.3 Å². The van der Waals surface area contributed by atoms with Gasteiger partial charge in [0.1, 0.15) is 0 Å². The number of aromatic nitrogens is 1. The molecule has 96 valence electrons. The van der Waals surface area contributed by atoms with Crippen molar-refractivity contribution in [3.63, 3.8) is 0 Å². The molecule has 1 aromatic rings. The molecule has 3 atom stereocenters. The third-order valence-electron chi connectivity index (χ3n) is 4.00. The second-order valence-electron chi connectivity index (χ2n) is 5.13.